The standard InChI is InChI=1S/C12H20N4O/c1-2-10(17-3-1)6-13-5-9-4-11-12(7-14-9)16-8-15-11/h8-10,13-14H,1-7H2,(H,15,16). The van der Waals surface area contributed by atoms with Gasteiger partial charge in [0.2, 0.25) is 0 Å². The van der Waals surface area contributed by atoms with E-state index in [-0.39, 0.29) is 0 Å². The van der Waals surface area contributed by atoms with E-state index in [4.69, 9.17) is 4.74 Å². The Kier molecular flexibility index (Phi) is 3.40. The zero-order chi connectivity index (χ0) is 11.5. The van der Waals surface area contributed by atoms with Gasteiger partial charge >= 0.3 is 0 Å². The third kappa shape index (κ3) is 2.68. The number of imidazole rings is 1. The molecule has 3 heterocycles. The first-order valence-electron chi connectivity index (χ1n) is 6.48. The molecule has 0 saturated carbocycles. The van der Waals surface area contributed by atoms with E-state index in [0.29, 0.717) is 12.1 Å². The number of fused-ring (bicyclic) bond motifs is 1. The van der Waals surface area contributed by atoms with Crippen molar-refractivity contribution in [3.05, 3.63) is 17.7 Å². The Morgan fingerprint density at radius 1 is 1.47 bits per heavy atom. The molecule has 0 amide bonds. The van der Waals surface area contributed by atoms with Crippen LogP contribution in [0.2, 0.25) is 0 Å². The molecule has 1 aromatic heterocycles. The number of nitrogens with zero attached hydrogens (tertiary/aromatic N) is 1. The summed E-state index contributed by atoms with van der Waals surface area (Å²) in [5.41, 5.74) is 2.45. The highest BCUT2D eigenvalue weighted by molar-refractivity contribution is 5.15. The Morgan fingerprint density at radius 3 is 3.35 bits per heavy atom. The highest BCUT2D eigenvalue weighted by atomic mass is 16.5. The van der Waals surface area contributed by atoms with Gasteiger partial charge in [0, 0.05) is 38.7 Å². The van der Waals surface area contributed by atoms with Gasteiger partial charge in [-0.15, -0.1) is 0 Å². The van der Waals surface area contributed by atoms with Crippen LogP contribution in [0, 0.1) is 0 Å². The number of hydrogen-bond donors (Lipinski definition) is 3. The predicted octanol–water partition coefficient (Wildman–Crippen LogP) is 0.193. The lowest BCUT2D eigenvalue weighted by Gasteiger charge is -2.24. The second kappa shape index (κ2) is 5.16. The number of aromatic amines is 1. The fraction of sp³-hybridized carbons (Fsp3) is 0.750. The van der Waals surface area contributed by atoms with Gasteiger partial charge in [0.25, 0.3) is 0 Å². The van der Waals surface area contributed by atoms with Crippen molar-refractivity contribution in [1.82, 2.24) is 20.6 Å². The first kappa shape index (κ1) is 11.2. The van der Waals surface area contributed by atoms with Crippen LogP contribution >= 0.6 is 0 Å². The van der Waals surface area contributed by atoms with E-state index in [9.17, 15) is 0 Å². The fourth-order valence-electron chi connectivity index (χ4n) is 2.60. The van der Waals surface area contributed by atoms with Crippen molar-refractivity contribution in [3.8, 4) is 0 Å². The van der Waals surface area contributed by atoms with Gasteiger partial charge in [0.15, 0.2) is 0 Å². The molecule has 5 heteroatoms. The van der Waals surface area contributed by atoms with Crippen molar-refractivity contribution in [2.45, 2.75) is 38.0 Å². The number of hydrogen-bond acceptors (Lipinski definition) is 4. The van der Waals surface area contributed by atoms with Crippen molar-refractivity contribution in [1.29, 1.82) is 0 Å². The second-order valence-electron chi connectivity index (χ2n) is 4.90. The molecule has 1 saturated heterocycles. The van der Waals surface area contributed by atoms with E-state index in [1.54, 1.807) is 6.33 Å². The lowest BCUT2D eigenvalue weighted by Crippen LogP contribution is -2.44. The Labute approximate surface area is 101 Å². The van der Waals surface area contributed by atoms with Gasteiger partial charge in [-0.2, -0.15) is 0 Å². The van der Waals surface area contributed by atoms with Crippen LogP contribution in [0.15, 0.2) is 6.33 Å². The van der Waals surface area contributed by atoms with Crippen LogP contribution in [-0.4, -0.2) is 41.8 Å². The summed E-state index contributed by atoms with van der Waals surface area (Å²) in [5, 5.41) is 7.01. The van der Waals surface area contributed by atoms with E-state index in [1.807, 2.05) is 0 Å². The molecule has 0 aliphatic carbocycles. The number of rotatable bonds is 4. The molecule has 3 rings (SSSR count). The molecule has 0 bridgehead atoms. The molecule has 3 N–H and O–H groups in total. The van der Waals surface area contributed by atoms with Crippen LogP contribution in [0.25, 0.3) is 0 Å². The summed E-state index contributed by atoms with van der Waals surface area (Å²) in [7, 11) is 0. The topological polar surface area (TPSA) is 62.0 Å². The molecule has 17 heavy (non-hydrogen) atoms. The Bertz CT molecular complexity index is 359. The molecular weight excluding hydrogens is 216 g/mol. The number of ether oxygens (including phenoxy) is 1. The number of nitrogens with one attached hydrogen (secondary N) is 3. The summed E-state index contributed by atoms with van der Waals surface area (Å²) in [5.74, 6) is 0. The van der Waals surface area contributed by atoms with E-state index >= 15 is 0 Å². The van der Waals surface area contributed by atoms with Gasteiger partial charge in [-0.25, -0.2) is 4.98 Å². The average Bonchev–Trinajstić information content (AvgIpc) is 2.98. The maximum Gasteiger partial charge on any atom is 0.0925 e. The highest BCUT2D eigenvalue weighted by Gasteiger charge is 2.20. The van der Waals surface area contributed by atoms with E-state index in [2.05, 4.69) is 20.6 Å². The summed E-state index contributed by atoms with van der Waals surface area (Å²) >= 11 is 0. The lowest BCUT2D eigenvalue weighted by atomic mass is 10.1. The molecule has 2 atom stereocenters. The summed E-state index contributed by atoms with van der Waals surface area (Å²) in [6, 6.07) is 0.493. The van der Waals surface area contributed by atoms with E-state index < -0.39 is 0 Å². The maximum absolute atomic E-state index is 5.59. The zero-order valence-corrected chi connectivity index (χ0v) is 10.0. The molecule has 2 unspecified atom stereocenters. The summed E-state index contributed by atoms with van der Waals surface area (Å²) < 4.78 is 5.59. The normalized spacial score (nSPS) is 28.2. The van der Waals surface area contributed by atoms with Gasteiger partial charge in [0.1, 0.15) is 0 Å². The van der Waals surface area contributed by atoms with Crippen molar-refractivity contribution in [2.75, 3.05) is 19.7 Å². The monoisotopic (exact) mass is 236 g/mol. The third-order valence-corrected chi connectivity index (χ3v) is 3.60. The minimum absolute atomic E-state index is 0.430. The van der Waals surface area contributed by atoms with Gasteiger partial charge in [-0.1, -0.05) is 0 Å². The summed E-state index contributed by atoms with van der Waals surface area (Å²) in [6.07, 6.45) is 5.64. The second-order valence-corrected chi connectivity index (χ2v) is 4.90. The third-order valence-electron chi connectivity index (χ3n) is 3.60. The van der Waals surface area contributed by atoms with Crippen LogP contribution in [-0.2, 0) is 17.7 Å². The van der Waals surface area contributed by atoms with Crippen LogP contribution in [0.1, 0.15) is 24.2 Å². The first-order chi connectivity index (χ1) is 8.42. The molecule has 0 radical (unpaired) electrons. The SMILES string of the molecule is c1nc2c([nH]1)CNC(CNCC1CCCO1)C2. The molecule has 2 aliphatic heterocycles. The van der Waals surface area contributed by atoms with E-state index in [0.717, 1.165) is 32.7 Å². The highest BCUT2D eigenvalue weighted by Crippen LogP contribution is 2.12. The Morgan fingerprint density at radius 2 is 2.47 bits per heavy atom. The number of H-pyrrole nitrogens is 1. The Balaban J connectivity index is 1.41. The minimum atomic E-state index is 0.430. The molecule has 94 valence electrons. The predicted molar refractivity (Wildman–Crippen MR) is 64.8 cm³/mol. The van der Waals surface area contributed by atoms with Crippen molar-refractivity contribution in [3.63, 3.8) is 0 Å². The molecule has 1 aromatic rings. The minimum Gasteiger partial charge on any atom is -0.377 e. The first-order valence-corrected chi connectivity index (χ1v) is 6.48. The number of aromatic nitrogens is 2. The van der Waals surface area contributed by atoms with Gasteiger partial charge in [-0.05, 0) is 12.8 Å². The van der Waals surface area contributed by atoms with Gasteiger partial charge in [0.05, 0.1) is 23.8 Å². The quantitative estimate of drug-likeness (QED) is 0.698. The molecular formula is C12H20N4O. The molecule has 2 aliphatic rings. The van der Waals surface area contributed by atoms with Crippen molar-refractivity contribution >= 4 is 0 Å². The van der Waals surface area contributed by atoms with Gasteiger partial charge in [-0.3, -0.25) is 0 Å². The maximum atomic E-state index is 5.59. The van der Waals surface area contributed by atoms with Crippen molar-refractivity contribution < 1.29 is 4.74 Å². The molecule has 0 spiro atoms. The largest absolute Gasteiger partial charge is 0.377 e. The molecule has 5 nitrogen and oxygen atoms in total. The van der Waals surface area contributed by atoms with Crippen LogP contribution < -0.4 is 10.6 Å². The fourth-order valence-corrected chi connectivity index (χ4v) is 2.60. The van der Waals surface area contributed by atoms with Crippen molar-refractivity contribution in [2.24, 2.45) is 0 Å². The lowest BCUT2D eigenvalue weighted by molar-refractivity contribution is 0.109. The summed E-state index contributed by atoms with van der Waals surface area (Å²) in [6.45, 7) is 3.81. The zero-order valence-electron chi connectivity index (χ0n) is 10.0. The van der Waals surface area contributed by atoms with Crippen LogP contribution in [0.3, 0.4) is 0 Å². The molecule has 1 fully saturated rings. The average molecular weight is 236 g/mol. The smallest absolute Gasteiger partial charge is 0.0925 e. The van der Waals surface area contributed by atoms with E-state index in [1.165, 1.54) is 24.2 Å². The van der Waals surface area contributed by atoms with Crippen LogP contribution in [0.4, 0.5) is 0 Å². The molecule has 0 aromatic carbocycles. The van der Waals surface area contributed by atoms with Gasteiger partial charge < -0.3 is 20.4 Å². The summed E-state index contributed by atoms with van der Waals surface area (Å²) in [4.78, 5) is 7.51. The van der Waals surface area contributed by atoms with Crippen LogP contribution in [0.5, 0.6) is 0 Å². The Hall–Kier alpha value is -0.910.